The quantitative estimate of drug-likeness (QED) is 0.496. The maximum Gasteiger partial charge on any atom is 0.416 e. The van der Waals surface area contributed by atoms with Gasteiger partial charge in [0, 0.05) is 5.69 Å². The zero-order chi connectivity index (χ0) is 24.9. The predicted octanol–water partition coefficient (Wildman–Crippen LogP) is 4.33. The van der Waals surface area contributed by atoms with Crippen LogP contribution in [0.5, 0.6) is 0 Å². The highest BCUT2D eigenvalue weighted by molar-refractivity contribution is 7.92. The molecule has 0 aromatic heterocycles. The Hall–Kier alpha value is -3.86. The van der Waals surface area contributed by atoms with Crippen LogP contribution in [0.25, 0.3) is 0 Å². The van der Waals surface area contributed by atoms with Gasteiger partial charge in [-0.2, -0.15) is 13.2 Å². The van der Waals surface area contributed by atoms with Crippen molar-refractivity contribution in [3.63, 3.8) is 0 Å². The first-order chi connectivity index (χ1) is 16.0. The third-order valence-corrected chi connectivity index (χ3v) is 6.44. The van der Waals surface area contributed by atoms with Crippen molar-refractivity contribution in [2.45, 2.75) is 11.1 Å². The molecule has 178 valence electrons. The van der Waals surface area contributed by atoms with E-state index in [-0.39, 0.29) is 21.8 Å². The minimum Gasteiger partial charge on any atom is -0.465 e. The maximum absolute atomic E-state index is 13.3. The molecule has 0 unspecified atom stereocenters. The van der Waals surface area contributed by atoms with Crippen molar-refractivity contribution in [2.75, 3.05) is 23.3 Å². The van der Waals surface area contributed by atoms with Gasteiger partial charge in [-0.25, -0.2) is 13.2 Å². The number of benzene rings is 3. The van der Waals surface area contributed by atoms with Gasteiger partial charge in [0.25, 0.3) is 10.0 Å². The van der Waals surface area contributed by atoms with Crippen LogP contribution in [0, 0.1) is 0 Å². The fourth-order valence-corrected chi connectivity index (χ4v) is 4.48. The van der Waals surface area contributed by atoms with E-state index < -0.39 is 40.2 Å². The molecule has 1 amide bonds. The molecule has 3 aromatic rings. The van der Waals surface area contributed by atoms with E-state index in [0.29, 0.717) is 10.4 Å². The summed E-state index contributed by atoms with van der Waals surface area (Å²) < 4.78 is 71.5. The molecule has 3 aromatic carbocycles. The average Bonchev–Trinajstić information content (AvgIpc) is 2.82. The van der Waals surface area contributed by atoms with Crippen LogP contribution in [0.2, 0.25) is 0 Å². The first kappa shape index (κ1) is 24.8. The number of methoxy groups -OCH3 is 1. The van der Waals surface area contributed by atoms with Crippen LogP contribution in [0.1, 0.15) is 15.9 Å². The van der Waals surface area contributed by atoms with Gasteiger partial charge in [-0.1, -0.05) is 30.3 Å². The summed E-state index contributed by atoms with van der Waals surface area (Å²) in [6.07, 6.45) is -4.71. The highest BCUT2D eigenvalue weighted by Crippen LogP contribution is 2.33. The number of amides is 1. The Kier molecular flexibility index (Phi) is 7.26. The van der Waals surface area contributed by atoms with Gasteiger partial charge in [0.05, 0.1) is 28.8 Å². The highest BCUT2D eigenvalue weighted by Gasteiger charge is 2.33. The molecule has 34 heavy (non-hydrogen) atoms. The summed E-state index contributed by atoms with van der Waals surface area (Å²) in [6.45, 7) is -0.818. The zero-order valence-corrected chi connectivity index (χ0v) is 18.6. The Morgan fingerprint density at radius 2 is 1.62 bits per heavy atom. The Morgan fingerprint density at radius 3 is 2.26 bits per heavy atom. The number of hydrogen-bond donors (Lipinski definition) is 1. The fraction of sp³-hybridized carbons (Fsp3) is 0.130. The normalized spacial score (nSPS) is 11.5. The third kappa shape index (κ3) is 5.73. The lowest BCUT2D eigenvalue weighted by Gasteiger charge is -2.25. The van der Waals surface area contributed by atoms with Crippen molar-refractivity contribution in [1.29, 1.82) is 0 Å². The molecule has 0 radical (unpaired) electrons. The molecule has 3 rings (SSSR count). The van der Waals surface area contributed by atoms with Crippen LogP contribution in [-0.4, -0.2) is 33.9 Å². The lowest BCUT2D eigenvalue weighted by molar-refractivity contribution is -0.137. The molecule has 0 bridgehead atoms. The second-order valence-electron chi connectivity index (χ2n) is 6.99. The van der Waals surface area contributed by atoms with Crippen LogP contribution in [0.15, 0.2) is 83.8 Å². The Labute approximate surface area is 193 Å². The minimum atomic E-state index is -4.71. The smallest absolute Gasteiger partial charge is 0.416 e. The van der Waals surface area contributed by atoms with Crippen LogP contribution >= 0.6 is 0 Å². The Balaban J connectivity index is 1.97. The van der Waals surface area contributed by atoms with E-state index in [1.807, 2.05) is 0 Å². The zero-order valence-electron chi connectivity index (χ0n) is 17.7. The molecule has 0 saturated heterocycles. The number of carbonyl (C=O) groups excluding carboxylic acids is 2. The van der Waals surface area contributed by atoms with Gasteiger partial charge in [0.2, 0.25) is 5.91 Å². The molecule has 0 aliphatic carbocycles. The second-order valence-corrected chi connectivity index (χ2v) is 8.86. The molecule has 0 atom stereocenters. The molecule has 0 fully saturated rings. The number of carbonyl (C=O) groups is 2. The molecule has 0 heterocycles. The lowest BCUT2D eigenvalue weighted by Crippen LogP contribution is -2.38. The molecule has 0 saturated carbocycles. The Bertz CT molecular complexity index is 1300. The number of nitrogens with zero attached hydrogens (tertiary/aromatic N) is 1. The first-order valence-electron chi connectivity index (χ1n) is 9.75. The second kappa shape index (κ2) is 9.96. The molecular weight excluding hydrogens is 473 g/mol. The number of halogens is 3. The van der Waals surface area contributed by atoms with Crippen molar-refractivity contribution >= 4 is 33.3 Å². The summed E-state index contributed by atoms with van der Waals surface area (Å²) >= 11 is 0. The number of nitrogens with one attached hydrogen (secondary N) is 1. The van der Waals surface area contributed by atoms with Gasteiger partial charge in [-0.3, -0.25) is 9.10 Å². The largest absolute Gasteiger partial charge is 0.465 e. The monoisotopic (exact) mass is 492 g/mol. The van der Waals surface area contributed by atoms with Gasteiger partial charge in [0.1, 0.15) is 6.54 Å². The van der Waals surface area contributed by atoms with Crippen LogP contribution < -0.4 is 9.62 Å². The van der Waals surface area contributed by atoms with Gasteiger partial charge >= 0.3 is 12.1 Å². The molecule has 1 N–H and O–H groups in total. The lowest BCUT2D eigenvalue weighted by atomic mass is 10.2. The van der Waals surface area contributed by atoms with Crippen molar-refractivity contribution in [2.24, 2.45) is 0 Å². The van der Waals surface area contributed by atoms with Crippen molar-refractivity contribution in [3.8, 4) is 0 Å². The van der Waals surface area contributed by atoms with Crippen molar-refractivity contribution in [3.05, 3.63) is 90.0 Å². The minimum absolute atomic E-state index is 0.145. The number of hydrogen-bond acceptors (Lipinski definition) is 5. The van der Waals surface area contributed by atoms with Crippen molar-refractivity contribution < 1.29 is 35.9 Å². The van der Waals surface area contributed by atoms with E-state index in [4.69, 9.17) is 0 Å². The number of anilines is 2. The van der Waals surface area contributed by atoms with Gasteiger partial charge in [0.15, 0.2) is 0 Å². The molecule has 0 aliphatic heterocycles. The van der Waals surface area contributed by atoms with E-state index in [1.165, 1.54) is 61.7 Å². The number of ether oxygens (including phenoxy) is 1. The topological polar surface area (TPSA) is 92.8 Å². The molecular formula is C23H19F3N2O5S. The number of alkyl halides is 3. The van der Waals surface area contributed by atoms with Gasteiger partial charge in [-0.05, 0) is 48.5 Å². The van der Waals surface area contributed by atoms with Crippen LogP contribution in [0.3, 0.4) is 0 Å². The van der Waals surface area contributed by atoms with E-state index in [1.54, 1.807) is 6.07 Å². The van der Waals surface area contributed by atoms with Crippen molar-refractivity contribution in [1.82, 2.24) is 0 Å². The molecule has 0 spiro atoms. The van der Waals surface area contributed by atoms with Gasteiger partial charge < -0.3 is 10.1 Å². The summed E-state index contributed by atoms with van der Waals surface area (Å²) in [4.78, 5) is 24.3. The molecule has 0 aliphatic rings. The number of sulfonamides is 1. The maximum atomic E-state index is 13.3. The number of rotatable bonds is 7. The summed E-state index contributed by atoms with van der Waals surface area (Å²) in [7, 11) is -3.21. The molecule has 11 heteroatoms. The van der Waals surface area contributed by atoms with E-state index in [0.717, 1.165) is 12.1 Å². The van der Waals surface area contributed by atoms with Crippen LogP contribution in [-0.2, 0) is 25.7 Å². The van der Waals surface area contributed by atoms with E-state index in [9.17, 15) is 31.2 Å². The summed E-state index contributed by atoms with van der Waals surface area (Å²) in [5, 5.41) is 2.45. The first-order valence-corrected chi connectivity index (χ1v) is 11.2. The van der Waals surface area contributed by atoms with Gasteiger partial charge in [-0.15, -0.1) is 0 Å². The Morgan fingerprint density at radius 1 is 0.941 bits per heavy atom. The SMILES string of the molecule is COC(=O)c1cccc(NC(=O)CN(c2cccc(C(F)(F)F)c2)S(=O)(=O)c2ccccc2)c1. The third-order valence-electron chi connectivity index (χ3n) is 4.65. The summed E-state index contributed by atoms with van der Waals surface area (Å²) in [5.41, 5.74) is -1.08. The van der Waals surface area contributed by atoms with Crippen LogP contribution in [0.4, 0.5) is 24.5 Å². The highest BCUT2D eigenvalue weighted by atomic mass is 32.2. The fourth-order valence-electron chi connectivity index (χ4n) is 3.04. The molecule has 7 nitrogen and oxygen atoms in total. The standard InChI is InChI=1S/C23H19F3N2O5S/c1-33-22(30)16-7-5-9-18(13-16)27-21(29)15-28(34(31,32)20-11-3-2-4-12-20)19-10-6-8-17(14-19)23(24,25)26/h2-14H,15H2,1H3,(H,27,29). The predicted molar refractivity (Wildman–Crippen MR) is 119 cm³/mol. The summed E-state index contributed by atoms with van der Waals surface area (Å²) in [6, 6.07) is 16.4. The summed E-state index contributed by atoms with van der Waals surface area (Å²) in [5.74, 6) is -1.48. The van der Waals surface area contributed by atoms with E-state index >= 15 is 0 Å². The average molecular weight is 492 g/mol. The van der Waals surface area contributed by atoms with E-state index in [2.05, 4.69) is 10.1 Å². The number of esters is 1.